The number of benzene rings is 6. The third kappa shape index (κ3) is 8.68. The van der Waals surface area contributed by atoms with Crippen molar-refractivity contribution in [3.8, 4) is 17.2 Å². The smallest absolute Gasteiger partial charge is 0.339 e. The second-order valence-electron chi connectivity index (χ2n) is 13.2. The molecule has 52 heavy (non-hydrogen) atoms. The lowest BCUT2D eigenvalue weighted by Gasteiger charge is -2.37. The topological polar surface area (TPSA) is 77.1 Å². The summed E-state index contributed by atoms with van der Waals surface area (Å²) in [6.07, 6.45) is 4.45. The molecule has 0 spiro atoms. The Morgan fingerprint density at radius 1 is 0.635 bits per heavy atom. The van der Waals surface area contributed by atoms with E-state index in [4.69, 9.17) is 14.2 Å². The summed E-state index contributed by atoms with van der Waals surface area (Å²) in [5.74, 6) is 1.33. The van der Waals surface area contributed by atoms with Crippen molar-refractivity contribution >= 4 is 28.3 Å². The molecule has 1 amide bonds. The van der Waals surface area contributed by atoms with E-state index in [1.54, 1.807) is 48.5 Å². The van der Waals surface area contributed by atoms with Crippen LogP contribution in [0.2, 0.25) is 0 Å². The predicted molar refractivity (Wildman–Crippen MR) is 205 cm³/mol. The predicted octanol–water partition coefficient (Wildman–Crippen LogP) is 10.1. The number of methoxy groups -OCH3 is 1. The quantitative estimate of drug-likeness (QED) is 0.129. The van der Waals surface area contributed by atoms with Crippen molar-refractivity contribution in [2.24, 2.45) is 0 Å². The van der Waals surface area contributed by atoms with E-state index in [-0.39, 0.29) is 17.6 Å². The second-order valence-corrected chi connectivity index (χ2v) is 13.2. The second kappa shape index (κ2) is 16.4. The molecular weight excluding hydrogens is 649 g/mol. The molecule has 7 nitrogen and oxygen atoms in total. The summed E-state index contributed by atoms with van der Waals surface area (Å²) in [6.45, 7) is 1.89. The van der Waals surface area contributed by atoms with Gasteiger partial charge in [0.15, 0.2) is 0 Å². The lowest BCUT2D eigenvalue weighted by atomic mass is 9.91. The van der Waals surface area contributed by atoms with Gasteiger partial charge in [0.2, 0.25) is 0 Å². The molecule has 7 heteroatoms. The monoisotopic (exact) mass is 690 g/mol. The molecule has 0 heterocycles. The number of hydrogen-bond donors (Lipinski definition) is 1. The lowest BCUT2D eigenvalue weighted by molar-refractivity contribution is 0.0602. The van der Waals surface area contributed by atoms with E-state index < -0.39 is 5.97 Å². The van der Waals surface area contributed by atoms with Crippen molar-refractivity contribution in [2.45, 2.75) is 50.9 Å². The first kappa shape index (κ1) is 34.5. The van der Waals surface area contributed by atoms with Gasteiger partial charge in [0.05, 0.1) is 24.5 Å². The first-order chi connectivity index (χ1) is 25.5. The highest BCUT2D eigenvalue weighted by Crippen LogP contribution is 2.32. The van der Waals surface area contributed by atoms with Crippen LogP contribution >= 0.6 is 0 Å². The summed E-state index contributed by atoms with van der Waals surface area (Å²) < 4.78 is 17.5. The zero-order valence-electron chi connectivity index (χ0n) is 29.2. The Morgan fingerprint density at radius 2 is 1.19 bits per heavy atom. The van der Waals surface area contributed by atoms with Crippen molar-refractivity contribution in [3.05, 3.63) is 168 Å². The zero-order valence-corrected chi connectivity index (χ0v) is 29.2. The van der Waals surface area contributed by atoms with E-state index >= 15 is 0 Å². The zero-order chi connectivity index (χ0) is 35.7. The number of fused-ring (bicyclic) bond motifs is 1. The Labute approximate surface area is 304 Å². The Hall–Kier alpha value is -5.92. The molecule has 1 aliphatic rings. The molecule has 0 radical (unpaired) electrons. The molecule has 1 fully saturated rings. The molecule has 0 unspecified atom stereocenters. The van der Waals surface area contributed by atoms with Gasteiger partial charge in [-0.1, -0.05) is 84.9 Å². The van der Waals surface area contributed by atoms with Crippen molar-refractivity contribution in [1.29, 1.82) is 0 Å². The molecule has 1 aliphatic carbocycles. The number of amides is 1. The van der Waals surface area contributed by atoms with E-state index in [2.05, 4.69) is 83.0 Å². The highest BCUT2D eigenvalue weighted by molar-refractivity contribution is 6.08. The average Bonchev–Trinajstić information content (AvgIpc) is 3.19. The number of carbonyl (C=O) groups is 2. The van der Waals surface area contributed by atoms with Gasteiger partial charge in [0, 0.05) is 24.7 Å². The molecule has 0 aromatic heterocycles. The fourth-order valence-electron chi connectivity index (χ4n) is 6.89. The van der Waals surface area contributed by atoms with Gasteiger partial charge in [-0.05, 0) is 108 Å². The fraction of sp³-hybridized carbons (Fsp3) is 0.200. The number of esters is 1. The molecule has 0 atom stereocenters. The Balaban J connectivity index is 0.938. The molecule has 7 rings (SSSR count). The van der Waals surface area contributed by atoms with Gasteiger partial charge in [0.25, 0.3) is 5.91 Å². The first-order valence-electron chi connectivity index (χ1n) is 17.8. The van der Waals surface area contributed by atoms with Crippen LogP contribution in [0.3, 0.4) is 0 Å². The molecule has 0 aliphatic heterocycles. The van der Waals surface area contributed by atoms with E-state index in [0.717, 1.165) is 55.3 Å². The van der Waals surface area contributed by atoms with Crippen molar-refractivity contribution in [2.75, 3.05) is 12.4 Å². The van der Waals surface area contributed by atoms with Crippen LogP contribution in [0.1, 0.15) is 57.5 Å². The summed E-state index contributed by atoms with van der Waals surface area (Å²) in [4.78, 5) is 27.6. The number of anilines is 1. The molecule has 6 aromatic carbocycles. The summed E-state index contributed by atoms with van der Waals surface area (Å²) in [7, 11) is 1.31. The highest BCUT2D eigenvalue weighted by atomic mass is 16.5. The fourth-order valence-corrected chi connectivity index (χ4v) is 6.89. The van der Waals surface area contributed by atoms with Crippen LogP contribution in [0.5, 0.6) is 17.2 Å². The number of para-hydroxylation sites is 1. The Morgan fingerprint density at radius 3 is 1.83 bits per heavy atom. The van der Waals surface area contributed by atoms with Gasteiger partial charge in [-0.25, -0.2) is 4.79 Å². The first-order valence-corrected chi connectivity index (χ1v) is 17.8. The number of hydrogen-bond acceptors (Lipinski definition) is 6. The van der Waals surface area contributed by atoms with E-state index in [1.807, 2.05) is 24.3 Å². The van der Waals surface area contributed by atoms with Crippen LogP contribution < -0.4 is 14.8 Å². The van der Waals surface area contributed by atoms with Gasteiger partial charge in [-0.3, -0.25) is 9.69 Å². The van der Waals surface area contributed by atoms with Crippen LogP contribution in [-0.4, -0.2) is 36.0 Å². The third-order valence-electron chi connectivity index (χ3n) is 9.64. The summed E-state index contributed by atoms with van der Waals surface area (Å²) in [5, 5.41) is 4.92. The number of nitrogens with zero attached hydrogens (tertiary/aromatic N) is 1. The van der Waals surface area contributed by atoms with Crippen molar-refractivity contribution < 1.29 is 23.8 Å². The molecule has 1 N–H and O–H groups in total. The van der Waals surface area contributed by atoms with Gasteiger partial charge in [-0.2, -0.15) is 0 Å². The molecule has 262 valence electrons. The molecule has 6 aromatic rings. The Bertz CT molecular complexity index is 2070. The van der Waals surface area contributed by atoms with Crippen LogP contribution in [0.25, 0.3) is 10.8 Å². The number of ether oxygens (including phenoxy) is 3. The number of nitrogens with one attached hydrogen (secondary N) is 1. The van der Waals surface area contributed by atoms with Gasteiger partial charge >= 0.3 is 5.97 Å². The maximum atomic E-state index is 12.9. The lowest BCUT2D eigenvalue weighted by Crippen LogP contribution is -2.39. The van der Waals surface area contributed by atoms with Crippen molar-refractivity contribution in [1.82, 2.24) is 4.90 Å². The molecule has 0 saturated heterocycles. The van der Waals surface area contributed by atoms with E-state index in [9.17, 15) is 9.59 Å². The molecular formula is C45H42N2O5. The Kier molecular flexibility index (Phi) is 10.9. The van der Waals surface area contributed by atoms with Crippen LogP contribution in [-0.2, 0) is 17.8 Å². The van der Waals surface area contributed by atoms with E-state index in [1.165, 1.54) is 18.2 Å². The summed E-state index contributed by atoms with van der Waals surface area (Å²) in [6, 6.07) is 47.9. The standard InChI is InChI=1S/C45H42N2O5/c1-50-45(49)42-14-8-9-15-43(42)46-44(48)34-16-22-38(23-17-34)51-40-24-18-36-29-41(25-19-35(36)28-40)52-39-26-20-37(21-27-39)47(30-32-10-4-2-5-11-32)31-33-12-6-3-7-13-33/h2-19,22-25,28-29,37,39H,20-21,26-27,30-31H2,1H3,(H,46,48)/t37-,39+. The van der Waals surface area contributed by atoms with Gasteiger partial charge in [-0.15, -0.1) is 0 Å². The van der Waals surface area contributed by atoms with E-state index in [0.29, 0.717) is 28.8 Å². The van der Waals surface area contributed by atoms with Gasteiger partial charge in [0.1, 0.15) is 17.2 Å². The van der Waals surface area contributed by atoms with Crippen LogP contribution in [0, 0.1) is 0 Å². The third-order valence-corrected chi connectivity index (χ3v) is 9.64. The van der Waals surface area contributed by atoms with Gasteiger partial charge < -0.3 is 19.5 Å². The maximum Gasteiger partial charge on any atom is 0.339 e. The minimum Gasteiger partial charge on any atom is -0.490 e. The SMILES string of the molecule is COC(=O)c1ccccc1NC(=O)c1ccc(Oc2ccc3cc(O[C@H]4CC[C@@H](N(Cc5ccccc5)Cc5ccccc5)CC4)ccc3c2)cc1. The van der Waals surface area contributed by atoms with Crippen LogP contribution in [0.4, 0.5) is 5.69 Å². The normalized spacial score (nSPS) is 15.6. The number of carbonyl (C=O) groups excluding carboxylic acids is 2. The summed E-state index contributed by atoms with van der Waals surface area (Å²) in [5.41, 5.74) is 3.80. The minimum absolute atomic E-state index is 0.194. The van der Waals surface area contributed by atoms with Crippen LogP contribution in [0.15, 0.2) is 146 Å². The highest BCUT2D eigenvalue weighted by Gasteiger charge is 2.27. The average molecular weight is 691 g/mol. The largest absolute Gasteiger partial charge is 0.490 e. The number of rotatable bonds is 12. The molecule has 0 bridgehead atoms. The van der Waals surface area contributed by atoms with Crippen molar-refractivity contribution in [3.63, 3.8) is 0 Å². The maximum absolute atomic E-state index is 12.9. The summed E-state index contributed by atoms with van der Waals surface area (Å²) >= 11 is 0. The molecule has 1 saturated carbocycles. The minimum atomic E-state index is -0.516.